The van der Waals surface area contributed by atoms with E-state index < -0.39 is 0 Å². The largest absolute Gasteiger partial charge is 0.325 e. The van der Waals surface area contributed by atoms with Crippen molar-refractivity contribution in [1.29, 1.82) is 0 Å². The van der Waals surface area contributed by atoms with E-state index in [0.29, 0.717) is 23.4 Å². The lowest BCUT2D eigenvalue weighted by atomic mass is 10.1. The Morgan fingerprint density at radius 2 is 1.62 bits per heavy atom. The van der Waals surface area contributed by atoms with Crippen LogP contribution < -0.4 is 5.32 Å². The van der Waals surface area contributed by atoms with Crippen LogP contribution in [0.2, 0.25) is 0 Å². The first-order chi connectivity index (χ1) is 12.6. The molecule has 1 N–H and O–H groups in total. The minimum atomic E-state index is -0.258. The first-order valence-corrected chi connectivity index (χ1v) is 9.67. The Kier molecular flexibility index (Phi) is 5.73. The lowest BCUT2D eigenvalue weighted by Gasteiger charge is -2.13. The molecule has 0 atom stereocenters. The number of anilines is 1. The first-order valence-electron chi connectivity index (χ1n) is 8.52. The third-order valence-electron chi connectivity index (χ3n) is 4.22. The number of hydrogen-bond donors (Lipinski definition) is 1. The molecule has 0 saturated carbocycles. The van der Waals surface area contributed by atoms with Crippen LogP contribution in [0.3, 0.4) is 0 Å². The van der Waals surface area contributed by atoms with E-state index in [9.17, 15) is 14.4 Å². The molecular formula is C20H20N2O3S. The van der Waals surface area contributed by atoms with Crippen molar-refractivity contribution in [1.82, 2.24) is 4.90 Å². The highest BCUT2D eigenvalue weighted by Gasteiger charge is 2.34. The Bertz CT molecular complexity index is 798. The van der Waals surface area contributed by atoms with Crippen LogP contribution in [0.4, 0.5) is 5.69 Å². The minimum Gasteiger partial charge on any atom is -0.325 e. The smallest absolute Gasteiger partial charge is 0.261 e. The van der Waals surface area contributed by atoms with Crippen LogP contribution in [-0.2, 0) is 11.2 Å². The maximum Gasteiger partial charge on any atom is 0.261 e. The molecule has 1 heterocycles. The average molecular weight is 368 g/mol. The molecule has 5 nitrogen and oxygen atoms in total. The molecule has 134 valence electrons. The number of rotatable bonds is 7. The second kappa shape index (κ2) is 8.19. The number of aryl methyl sites for hydroxylation is 1. The average Bonchev–Trinajstić information content (AvgIpc) is 2.91. The number of benzene rings is 2. The molecule has 3 rings (SSSR count). The number of amides is 3. The van der Waals surface area contributed by atoms with Gasteiger partial charge in [-0.15, -0.1) is 0 Å². The Morgan fingerprint density at radius 3 is 2.19 bits per heavy atom. The standard InChI is InChI=1S/C20H20N2O3S/c1-2-14-7-9-15(10-8-14)21-18(23)13-26-12-11-22-19(24)16-5-3-4-6-17(16)20(22)25/h3-10H,2,11-13H2,1H3,(H,21,23). The fourth-order valence-electron chi connectivity index (χ4n) is 2.78. The quantitative estimate of drug-likeness (QED) is 0.602. The molecule has 0 radical (unpaired) electrons. The van der Waals surface area contributed by atoms with Gasteiger partial charge in [-0.1, -0.05) is 31.2 Å². The van der Waals surface area contributed by atoms with E-state index in [2.05, 4.69) is 12.2 Å². The van der Waals surface area contributed by atoms with Gasteiger partial charge < -0.3 is 5.32 Å². The Hall–Kier alpha value is -2.60. The maximum atomic E-state index is 12.2. The van der Waals surface area contributed by atoms with Gasteiger partial charge in [0.2, 0.25) is 5.91 Å². The highest BCUT2D eigenvalue weighted by Crippen LogP contribution is 2.22. The van der Waals surface area contributed by atoms with Crippen molar-refractivity contribution < 1.29 is 14.4 Å². The van der Waals surface area contributed by atoms with Gasteiger partial charge in [0, 0.05) is 18.0 Å². The highest BCUT2D eigenvalue weighted by atomic mass is 32.2. The summed E-state index contributed by atoms with van der Waals surface area (Å²) in [4.78, 5) is 37.7. The Morgan fingerprint density at radius 1 is 1.00 bits per heavy atom. The fourth-order valence-corrected chi connectivity index (χ4v) is 3.50. The van der Waals surface area contributed by atoms with Gasteiger partial charge in [-0.25, -0.2) is 0 Å². The van der Waals surface area contributed by atoms with Gasteiger partial charge in [0.1, 0.15) is 0 Å². The van der Waals surface area contributed by atoms with E-state index in [4.69, 9.17) is 0 Å². The van der Waals surface area contributed by atoms with Crippen LogP contribution in [0.25, 0.3) is 0 Å². The predicted molar refractivity (Wildman–Crippen MR) is 104 cm³/mol. The number of nitrogens with one attached hydrogen (secondary N) is 1. The molecule has 1 aliphatic rings. The maximum absolute atomic E-state index is 12.2. The molecule has 1 aliphatic heterocycles. The molecule has 26 heavy (non-hydrogen) atoms. The predicted octanol–water partition coefficient (Wildman–Crippen LogP) is 3.22. The van der Waals surface area contributed by atoms with Gasteiger partial charge in [-0.05, 0) is 36.2 Å². The fraction of sp³-hybridized carbons (Fsp3) is 0.250. The van der Waals surface area contributed by atoms with Crippen LogP contribution >= 0.6 is 11.8 Å². The van der Waals surface area contributed by atoms with Gasteiger partial charge >= 0.3 is 0 Å². The third-order valence-corrected chi connectivity index (χ3v) is 5.15. The summed E-state index contributed by atoms with van der Waals surface area (Å²) in [5.74, 6) is 0.187. The summed E-state index contributed by atoms with van der Waals surface area (Å²) in [5.41, 5.74) is 2.90. The van der Waals surface area contributed by atoms with Gasteiger partial charge in [-0.3, -0.25) is 19.3 Å². The van der Waals surface area contributed by atoms with Crippen molar-refractivity contribution in [2.24, 2.45) is 0 Å². The lowest BCUT2D eigenvalue weighted by Crippen LogP contribution is -2.32. The van der Waals surface area contributed by atoms with E-state index in [-0.39, 0.29) is 23.5 Å². The first kappa shape index (κ1) is 18.2. The Labute approximate surface area is 156 Å². The molecular weight excluding hydrogens is 348 g/mol. The van der Waals surface area contributed by atoms with Crippen molar-refractivity contribution in [2.45, 2.75) is 13.3 Å². The molecule has 2 aromatic rings. The number of fused-ring (bicyclic) bond motifs is 1. The summed E-state index contributed by atoms with van der Waals surface area (Å²) < 4.78 is 0. The zero-order chi connectivity index (χ0) is 18.5. The summed E-state index contributed by atoms with van der Waals surface area (Å²) in [7, 11) is 0. The van der Waals surface area contributed by atoms with Gasteiger partial charge in [0.15, 0.2) is 0 Å². The molecule has 0 aliphatic carbocycles. The van der Waals surface area contributed by atoms with Crippen molar-refractivity contribution in [2.75, 3.05) is 23.4 Å². The number of imide groups is 1. The number of carbonyl (C=O) groups excluding carboxylic acids is 3. The summed E-state index contributed by atoms with van der Waals surface area (Å²) in [5, 5.41) is 2.85. The number of hydrogen-bond acceptors (Lipinski definition) is 4. The molecule has 0 spiro atoms. The van der Waals surface area contributed by atoms with Crippen molar-refractivity contribution in [3.63, 3.8) is 0 Å². The second-order valence-electron chi connectivity index (χ2n) is 5.96. The van der Waals surface area contributed by atoms with Gasteiger partial charge in [0.25, 0.3) is 11.8 Å². The molecule has 0 bridgehead atoms. The normalized spacial score (nSPS) is 13.0. The van der Waals surface area contributed by atoms with Gasteiger partial charge in [-0.2, -0.15) is 11.8 Å². The van der Waals surface area contributed by atoms with Gasteiger partial charge in [0.05, 0.1) is 16.9 Å². The van der Waals surface area contributed by atoms with Crippen LogP contribution in [0.5, 0.6) is 0 Å². The van der Waals surface area contributed by atoms with Crippen molar-refractivity contribution in [3.8, 4) is 0 Å². The summed E-state index contributed by atoms with van der Waals surface area (Å²) >= 11 is 1.40. The summed E-state index contributed by atoms with van der Waals surface area (Å²) in [6, 6.07) is 14.6. The van der Waals surface area contributed by atoms with Crippen LogP contribution in [0, 0.1) is 0 Å². The zero-order valence-electron chi connectivity index (χ0n) is 14.5. The van der Waals surface area contributed by atoms with E-state index in [0.717, 1.165) is 12.1 Å². The van der Waals surface area contributed by atoms with Crippen molar-refractivity contribution in [3.05, 3.63) is 65.2 Å². The molecule has 0 saturated heterocycles. The number of thioether (sulfide) groups is 1. The summed E-state index contributed by atoms with van der Waals surface area (Å²) in [6.07, 6.45) is 0.960. The lowest BCUT2D eigenvalue weighted by molar-refractivity contribution is -0.113. The van der Waals surface area contributed by atoms with Crippen LogP contribution in [0.15, 0.2) is 48.5 Å². The SMILES string of the molecule is CCc1ccc(NC(=O)CSCCN2C(=O)c3ccccc3C2=O)cc1. The highest BCUT2D eigenvalue weighted by molar-refractivity contribution is 7.99. The summed E-state index contributed by atoms with van der Waals surface area (Å²) in [6.45, 7) is 2.38. The molecule has 0 fully saturated rings. The Balaban J connectivity index is 1.43. The molecule has 0 aromatic heterocycles. The molecule has 6 heteroatoms. The topological polar surface area (TPSA) is 66.5 Å². The third kappa shape index (κ3) is 3.96. The van der Waals surface area contributed by atoms with Crippen LogP contribution in [-0.4, -0.2) is 40.7 Å². The minimum absolute atomic E-state index is 0.0957. The van der Waals surface area contributed by atoms with Crippen LogP contribution in [0.1, 0.15) is 33.2 Å². The molecule has 3 amide bonds. The second-order valence-corrected chi connectivity index (χ2v) is 7.06. The monoisotopic (exact) mass is 368 g/mol. The number of carbonyl (C=O) groups is 3. The van der Waals surface area contributed by atoms with E-state index in [1.807, 2.05) is 24.3 Å². The van der Waals surface area contributed by atoms with Crippen molar-refractivity contribution >= 4 is 35.2 Å². The zero-order valence-corrected chi connectivity index (χ0v) is 15.3. The molecule has 0 unspecified atom stereocenters. The molecule has 2 aromatic carbocycles. The van der Waals surface area contributed by atoms with E-state index in [1.165, 1.54) is 22.2 Å². The number of nitrogens with zero attached hydrogens (tertiary/aromatic N) is 1. The van der Waals surface area contributed by atoms with E-state index in [1.54, 1.807) is 24.3 Å². The van der Waals surface area contributed by atoms with E-state index >= 15 is 0 Å².